The van der Waals surface area contributed by atoms with E-state index < -0.39 is 0 Å². The Bertz CT molecular complexity index is 569. The normalized spacial score (nSPS) is 13.7. The Morgan fingerprint density at radius 3 is 2.60 bits per heavy atom. The Labute approximate surface area is 122 Å². The average molecular weight is 265 g/mol. The fraction of sp³-hybridized carbons (Fsp3) is 0.368. The average Bonchev–Trinajstić information content (AvgIpc) is 2.50. The van der Waals surface area contributed by atoms with E-state index in [0.29, 0.717) is 0 Å². The number of aryl methyl sites for hydroxylation is 2. The van der Waals surface area contributed by atoms with Crippen molar-refractivity contribution in [2.24, 2.45) is 0 Å². The lowest BCUT2D eigenvalue weighted by Crippen LogP contribution is -2.13. The molecule has 20 heavy (non-hydrogen) atoms. The van der Waals surface area contributed by atoms with E-state index >= 15 is 0 Å². The minimum atomic E-state index is 1.03. The van der Waals surface area contributed by atoms with E-state index in [4.69, 9.17) is 0 Å². The largest absolute Gasteiger partial charge is 0.385 e. The first-order valence-corrected chi connectivity index (χ1v) is 7.79. The highest BCUT2D eigenvalue weighted by atomic mass is 14.9. The van der Waals surface area contributed by atoms with E-state index in [1.165, 1.54) is 53.6 Å². The molecule has 1 heteroatoms. The molecular formula is C19H23N. The van der Waals surface area contributed by atoms with Crippen molar-refractivity contribution in [1.82, 2.24) is 0 Å². The number of anilines is 1. The molecule has 0 bridgehead atoms. The van der Waals surface area contributed by atoms with Gasteiger partial charge in [0.05, 0.1) is 0 Å². The molecule has 0 fully saturated rings. The van der Waals surface area contributed by atoms with Gasteiger partial charge in [0.15, 0.2) is 0 Å². The molecule has 3 rings (SSSR count). The summed E-state index contributed by atoms with van der Waals surface area (Å²) in [4.78, 5) is 0. The fourth-order valence-electron chi connectivity index (χ4n) is 3.06. The van der Waals surface area contributed by atoms with E-state index in [-0.39, 0.29) is 0 Å². The third kappa shape index (κ3) is 2.87. The summed E-state index contributed by atoms with van der Waals surface area (Å²) in [6, 6.07) is 15.8. The van der Waals surface area contributed by atoms with E-state index in [0.717, 1.165) is 13.0 Å². The highest BCUT2D eigenvalue weighted by Crippen LogP contribution is 2.27. The first kappa shape index (κ1) is 13.2. The van der Waals surface area contributed by atoms with Crippen molar-refractivity contribution in [3.63, 3.8) is 0 Å². The molecular weight excluding hydrogens is 242 g/mol. The molecule has 0 aromatic heterocycles. The summed E-state index contributed by atoms with van der Waals surface area (Å²) in [6.07, 6.45) is 5.90. The fourth-order valence-corrected chi connectivity index (χ4v) is 3.06. The molecule has 0 atom stereocenters. The lowest BCUT2D eigenvalue weighted by Gasteiger charge is -2.21. The molecule has 0 radical (unpaired) electrons. The summed E-state index contributed by atoms with van der Waals surface area (Å²) in [5.41, 5.74) is 7.16. The molecule has 1 heterocycles. The Morgan fingerprint density at radius 1 is 1.00 bits per heavy atom. The minimum Gasteiger partial charge on any atom is -0.385 e. The van der Waals surface area contributed by atoms with Crippen molar-refractivity contribution >= 4 is 5.69 Å². The van der Waals surface area contributed by atoms with Crippen molar-refractivity contribution in [2.45, 2.75) is 39.0 Å². The first-order valence-electron chi connectivity index (χ1n) is 7.79. The summed E-state index contributed by atoms with van der Waals surface area (Å²) < 4.78 is 0. The molecule has 0 amide bonds. The predicted molar refractivity (Wildman–Crippen MR) is 86.5 cm³/mol. The topological polar surface area (TPSA) is 12.0 Å². The minimum absolute atomic E-state index is 1.03. The molecule has 2 aromatic carbocycles. The van der Waals surface area contributed by atoms with Crippen molar-refractivity contribution in [3.05, 3.63) is 64.7 Å². The number of hydrogen-bond acceptors (Lipinski definition) is 1. The Balaban J connectivity index is 1.80. The lowest BCUT2D eigenvalue weighted by molar-refractivity contribution is 0.825. The number of nitrogens with one attached hydrogen (secondary N) is 1. The van der Waals surface area contributed by atoms with E-state index in [1.54, 1.807) is 0 Å². The molecule has 0 saturated carbocycles. The molecule has 1 aliphatic heterocycles. The zero-order chi connectivity index (χ0) is 13.8. The van der Waals surface area contributed by atoms with Gasteiger partial charge in [0.2, 0.25) is 0 Å². The second kappa shape index (κ2) is 6.13. The van der Waals surface area contributed by atoms with Crippen molar-refractivity contribution in [1.29, 1.82) is 0 Å². The van der Waals surface area contributed by atoms with Gasteiger partial charge in [0.25, 0.3) is 0 Å². The maximum atomic E-state index is 3.58. The number of hydrogen-bond donors (Lipinski definition) is 1. The highest BCUT2D eigenvalue weighted by Gasteiger charge is 2.12. The number of para-hydroxylation sites is 1. The summed E-state index contributed by atoms with van der Waals surface area (Å²) in [6.45, 7) is 3.34. The molecule has 0 saturated heterocycles. The van der Waals surface area contributed by atoms with Crippen LogP contribution in [0.2, 0.25) is 0 Å². The summed E-state index contributed by atoms with van der Waals surface area (Å²) in [5, 5.41) is 3.58. The van der Waals surface area contributed by atoms with Crippen LogP contribution in [0.5, 0.6) is 0 Å². The second-order valence-corrected chi connectivity index (χ2v) is 5.72. The second-order valence-electron chi connectivity index (χ2n) is 5.72. The van der Waals surface area contributed by atoms with Crippen LogP contribution < -0.4 is 5.32 Å². The maximum absolute atomic E-state index is 3.58. The highest BCUT2D eigenvalue weighted by molar-refractivity contribution is 5.60. The number of benzene rings is 2. The zero-order valence-electron chi connectivity index (χ0n) is 12.3. The van der Waals surface area contributed by atoms with Gasteiger partial charge < -0.3 is 5.32 Å². The number of rotatable bonds is 4. The van der Waals surface area contributed by atoms with Crippen LogP contribution in [0.4, 0.5) is 5.69 Å². The van der Waals surface area contributed by atoms with Crippen LogP contribution in [0.3, 0.4) is 0 Å². The van der Waals surface area contributed by atoms with E-state index in [1.807, 2.05) is 0 Å². The number of fused-ring (bicyclic) bond motifs is 1. The molecule has 0 unspecified atom stereocenters. The smallest absolute Gasteiger partial charge is 0.0408 e. The SMILES string of the molecule is CCCc1ccc(Cc2cccc3c2NCCC3)cc1. The van der Waals surface area contributed by atoms with Gasteiger partial charge in [-0.3, -0.25) is 0 Å². The van der Waals surface area contributed by atoms with Crippen LogP contribution in [0.15, 0.2) is 42.5 Å². The van der Waals surface area contributed by atoms with Crippen LogP contribution in [0.1, 0.15) is 42.0 Å². The standard InChI is InChI=1S/C19H23N/c1-2-5-15-9-11-16(12-10-15)14-18-7-3-6-17-8-4-13-20-19(17)18/h3,6-7,9-12,20H,2,4-5,8,13-14H2,1H3. The zero-order valence-corrected chi connectivity index (χ0v) is 12.3. The first-order chi connectivity index (χ1) is 9.86. The lowest BCUT2D eigenvalue weighted by atomic mass is 9.95. The van der Waals surface area contributed by atoms with Crippen molar-refractivity contribution < 1.29 is 0 Å². The Kier molecular flexibility index (Phi) is 4.05. The van der Waals surface area contributed by atoms with Crippen LogP contribution in [0, 0.1) is 0 Å². The van der Waals surface area contributed by atoms with Crippen LogP contribution in [-0.2, 0) is 19.3 Å². The Hall–Kier alpha value is -1.76. The summed E-state index contributed by atoms with van der Waals surface area (Å²) in [5.74, 6) is 0. The third-order valence-corrected chi connectivity index (χ3v) is 4.12. The van der Waals surface area contributed by atoms with E-state index in [9.17, 15) is 0 Å². The van der Waals surface area contributed by atoms with Crippen molar-refractivity contribution in [3.8, 4) is 0 Å². The molecule has 1 nitrogen and oxygen atoms in total. The molecule has 1 N–H and O–H groups in total. The molecule has 1 aliphatic rings. The third-order valence-electron chi connectivity index (χ3n) is 4.12. The van der Waals surface area contributed by atoms with Gasteiger partial charge >= 0.3 is 0 Å². The van der Waals surface area contributed by atoms with Gasteiger partial charge in [0, 0.05) is 12.2 Å². The summed E-state index contributed by atoms with van der Waals surface area (Å²) in [7, 11) is 0. The van der Waals surface area contributed by atoms with Gasteiger partial charge in [-0.05, 0) is 47.9 Å². The van der Waals surface area contributed by atoms with Gasteiger partial charge in [-0.1, -0.05) is 55.8 Å². The Morgan fingerprint density at radius 2 is 1.80 bits per heavy atom. The predicted octanol–water partition coefficient (Wildman–Crippen LogP) is 4.59. The maximum Gasteiger partial charge on any atom is 0.0408 e. The molecule has 104 valence electrons. The van der Waals surface area contributed by atoms with Gasteiger partial charge in [-0.2, -0.15) is 0 Å². The van der Waals surface area contributed by atoms with Gasteiger partial charge in [-0.25, -0.2) is 0 Å². The summed E-state index contributed by atoms with van der Waals surface area (Å²) >= 11 is 0. The molecule has 2 aromatic rings. The molecule has 0 aliphatic carbocycles. The van der Waals surface area contributed by atoms with Crippen LogP contribution >= 0.6 is 0 Å². The quantitative estimate of drug-likeness (QED) is 0.852. The van der Waals surface area contributed by atoms with Crippen LogP contribution in [-0.4, -0.2) is 6.54 Å². The molecule has 0 spiro atoms. The van der Waals surface area contributed by atoms with Gasteiger partial charge in [-0.15, -0.1) is 0 Å². The van der Waals surface area contributed by atoms with Crippen LogP contribution in [0.25, 0.3) is 0 Å². The van der Waals surface area contributed by atoms with Crippen molar-refractivity contribution in [2.75, 3.05) is 11.9 Å². The van der Waals surface area contributed by atoms with E-state index in [2.05, 4.69) is 54.7 Å². The monoisotopic (exact) mass is 265 g/mol. The van der Waals surface area contributed by atoms with Gasteiger partial charge in [0.1, 0.15) is 0 Å².